The molecule has 0 aliphatic rings. The first-order valence-corrected chi connectivity index (χ1v) is 17.3. The Balaban J connectivity index is 1.75. The molecule has 0 radical (unpaired) electrons. The monoisotopic (exact) mass is 719 g/mol. The highest BCUT2D eigenvalue weighted by molar-refractivity contribution is 7.92. The zero-order valence-corrected chi connectivity index (χ0v) is 27.0. The summed E-state index contributed by atoms with van der Waals surface area (Å²) < 4.78 is 136. The van der Waals surface area contributed by atoms with Gasteiger partial charge in [0.15, 0.2) is 25.5 Å². The average Bonchev–Trinajstić information content (AvgIpc) is 3.00. The van der Waals surface area contributed by atoms with Crippen molar-refractivity contribution in [3.05, 3.63) is 59.7 Å². The third kappa shape index (κ3) is 8.88. The van der Waals surface area contributed by atoms with Gasteiger partial charge in [-0.15, -0.1) is 0 Å². The highest BCUT2D eigenvalue weighted by atomic mass is 32.2. The summed E-state index contributed by atoms with van der Waals surface area (Å²) in [5.74, 6) is -2.39. The van der Waals surface area contributed by atoms with E-state index < -0.39 is 72.9 Å². The molecule has 2 aromatic heterocycles. The molecule has 48 heavy (non-hydrogen) atoms. The molecular formula is C29H27F6N5O6S2. The van der Waals surface area contributed by atoms with Crippen LogP contribution in [0.5, 0.6) is 5.75 Å². The number of ether oxygens (including phenoxy) is 1. The van der Waals surface area contributed by atoms with Crippen molar-refractivity contribution in [3.63, 3.8) is 0 Å². The van der Waals surface area contributed by atoms with Crippen molar-refractivity contribution in [2.45, 2.75) is 42.0 Å². The zero-order valence-electron chi connectivity index (χ0n) is 25.3. The number of fused-ring (bicyclic) bond motifs is 1. The first-order valence-electron chi connectivity index (χ1n) is 13.8. The minimum absolute atomic E-state index is 0.00293. The molecule has 0 aliphatic carbocycles. The number of anilines is 2. The Morgan fingerprint density at radius 3 is 2.21 bits per heavy atom. The van der Waals surface area contributed by atoms with Crippen LogP contribution >= 0.6 is 0 Å². The maximum Gasteiger partial charge on any atom is 0.416 e. The number of ketones is 1. The van der Waals surface area contributed by atoms with Crippen LogP contribution < -0.4 is 15.4 Å². The molecule has 2 N–H and O–H groups in total. The molecule has 2 heterocycles. The van der Waals surface area contributed by atoms with Crippen molar-refractivity contribution in [2.75, 3.05) is 36.3 Å². The van der Waals surface area contributed by atoms with Gasteiger partial charge in [-0.3, -0.25) is 4.79 Å². The number of carbonyl (C=O) groups excluding carboxylic acids is 1. The Kier molecular flexibility index (Phi) is 10.2. The van der Waals surface area contributed by atoms with E-state index in [-0.39, 0.29) is 50.9 Å². The standard InChI is InChI=1S/C29H27F6N5O6S2/c1-4-19(41)14-48(44,45)20-10-16(9-18(12-20)29(33,34)35)13-36-27-39-22-7-6-21(38-25(22)26(40-27)37-15-28(30,31)32)17-5-8-23(46-2)24(11-17)47(3,42)43/h5-12H,4,13-15H2,1-3H3,(H2,36,37,39,40). The molecule has 0 aliphatic heterocycles. The number of nitrogens with zero attached hydrogens (tertiary/aromatic N) is 3. The molecule has 0 amide bonds. The number of pyridine rings is 1. The summed E-state index contributed by atoms with van der Waals surface area (Å²) in [6.07, 6.45) is -8.81. The Morgan fingerprint density at radius 1 is 0.896 bits per heavy atom. The molecule has 4 rings (SSSR count). The fraction of sp³-hybridized carbons (Fsp3) is 0.310. The van der Waals surface area contributed by atoms with Crippen LogP contribution in [0.1, 0.15) is 24.5 Å². The molecule has 0 atom stereocenters. The lowest BCUT2D eigenvalue weighted by Crippen LogP contribution is -2.22. The molecule has 0 spiro atoms. The summed E-state index contributed by atoms with van der Waals surface area (Å²) in [7, 11) is -6.90. The van der Waals surface area contributed by atoms with E-state index in [4.69, 9.17) is 4.74 Å². The number of carbonyl (C=O) groups is 1. The SMILES string of the molecule is CCC(=O)CS(=O)(=O)c1cc(CNc2nc(NCC(F)(F)F)c3nc(-c4ccc(OC)c(S(C)(=O)=O)c4)ccc3n2)cc(C(F)(F)F)c1. The third-order valence-corrected chi connectivity index (χ3v) is 9.48. The first-order chi connectivity index (χ1) is 22.2. The third-order valence-electron chi connectivity index (χ3n) is 6.71. The van der Waals surface area contributed by atoms with E-state index in [0.717, 1.165) is 12.3 Å². The van der Waals surface area contributed by atoms with Gasteiger partial charge in [0.2, 0.25) is 5.95 Å². The molecule has 0 fully saturated rings. The van der Waals surface area contributed by atoms with Crippen molar-refractivity contribution in [1.29, 1.82) is 0 Å². The van der Waals surface area contributed by atoms with E-state index in [9.17, 15) is 48.0 Å². The highest BCUT2D eigenvalue weighted by Crippen LogP contribution is 2.34. The van der Waals surface area contributed by atoms with Gasteiger partial charge in [0, 0.05) is 24.8 Å². The van der Waals surface area contributed by atoms with Crippen molar-refractivity contribution in [3.8, 4) is 17.0 Å². The van der Waals surface area contributed by atoms with Crippen molar-refractivity contribution in [2.24, 2.45) is 0 Å². The van der Waals surface area contributed by atoms with E-state index >= 15 is 0 Å². The van der Waals surface area contributed by atoms with E-state index in [1.165, 1.54) is 44.4 Å². The number of rotatable bonds is 12. The Hall–Kier alpha value is -4.52. The molecule has 0 bridgehead atoms. The van der Waals surface area contributed by atoms with Crippen LogP contribution in [0.4, 0.5) is 38.1 Å². The summed E-state index contributed by atoms with van der Waals surface area (Å²) in [4.78, 5) is 23.5. The predicted molar refractivity (Wildman–Crippen MR) is 163 cm³/mol. The average molecular weight is 720 g/mol. The van der Waals surface area contributed by atoms with Crippen LogP contribution in [0.15, 0.2) is 58.3 Å². The number of aromatic nitrogens is 3. The number of sulfone groups is 2. The number of hydrogen-bond acceptors (Lipinski definition) is 11. The second-order valence-electron chi connectivity index (χ2n) is 10.4. The Morgan fingerprint density at radius 2 is 1.60 bits per heavy atom. The van der Waals surface area contributed by atoms with Crippen LogP contribution in [-0.4, -0.2) is 69.4 Å². The number of benzene rings is 2. The number of methoxy groups -OCH3 is 1. The van der Waals surface area contributed by atoms with E-state index in [0.29, 0.717) is 12.1 Å². The summed E-state index contributed by atoms with van der Waals surface area (Å²) in [6, 6.07) is 8.97. The molecule has 11 nitrogen and oxygen atoms in total. The maximum atomic E-state index is 13.7. The molecule has 19 heteroatoms. The van der Waals surface area contributed by atoms with Crippen LogP contribution in [-0.2, 0) is 37.2 Å². The largest absolute Gasteiger partial charge is 0.495 e. The van der Waals surface area contributed by atoms with Gasteiger partial charge in [0.25, 0.3) is 0 Å². The summed E-state index contributed by atoms with van der Waals surface area (Å²) in [5, 5.41) is 4.73. The molecule has 2 aromatic carbocycles. The summed E-state index contributed by atoms with van der Waals surface area (Å²) in [6.45, 7) is -0.633. The van der Waals surface area contributed by atoms with Gasteiger partial charge in [-0.2, -0.15) is 31.3 Å². The number of halogens is 6. The van der Waals surface area contributed by atoms with Crippen molar-refractivity contribution < 1.29 is 52.7 Å². The van der Waals surface area contributed by atoms with Crippen LogP contribution in [0.25, 0.3) is 22.3 Å². The normalized spacial score (nSPS) is 12.6. The minimum atomic E-state index is -4.95. The maximum absolute atomic E-state index is 13.7. The van der Waals surface area contributed by atoms with E-state index in [2.05, 4.69) is 25.6 Å². The number of nitrogens with one attached hydrogen (secondary N) is 2. The van der Waals surface area contributed by atoms with Gasteiger partial charge in [-0.05, 0) is 54.1 Å². The van der Waals surface area contributed by atoms with Gasteiger partial charge in [0.1, 0.15) is 34.2 Å². The minimum Gasteiger partial charge on any atom is -0.495 e. The van der Waals surface area contributed by atoms with Gasteiger partial charge >= 0.3 is 12.4 Å². The van der Waals surface area contributed by atoms with E-state index in [1.54, 1.807) is 0 Å². The Labute approximate surface area is 270 Å². The van der Waals surface area contributed by atoms with Gasteiger partial charge in [-0.25, -0.2) is 26.8 Å². The lowest BCUT2D eigenvalue weighted by Gasteiger charge is -2.15. The van der Waals surface area contributed by atoms with Gasteiger partial charge < -0.3 is 15.4 Å². The number of alkyl halides is 6. The van der Waals surface area contributed by atoms with E-state index in [1.807, 2.05) is 0 Å². The van der Waals surface area contributed by atoms with Crippen molar-refractivity contribution >= 4 is 48.3 Å². The van der Waals surface area contributed by atoms with Crippen molar-refractivity contribution in [1.82, 2.24) is 15.0 Å². The topological polar surface area (TPSA) is 157 Å². The number of Topliss-reactive ketones (excluding diaryl/α,β-unsaturated/α-hetero) is 1. The van der Waals surface area contributed by atoms with Gasteiger partial charge in [0.05, 0.1) is 28.8 Å². The second kappa shape index (κ2) is 13.5. The second-order valence-corrected chi connectivity index (χ2v) is 14.4. The molecule has 4 aromatic rings. The molecule has 0 unspecified atom stereocenters. The fourth-order valence-corrected chi connectivity index (χ4v) is 6.66. The zero-order chi connectivity index (χ0) is 35.7. The summed E-state index contributed by atoms with van der Waals surface area (Å²) >= 11 is 0. The lowest BCUT2D eigenvalue weighted by molar-refractivity contribution is -0.137. The number of hydrogen-bond donors (Lipinski definition) is 2. The smallest absolute Gasteiger partial charge is 0.416 e. The Bertz CT molecular complexity index is 2090. The quantitative estimate of drug-likeness (QED) is 0.179. The van der Waals surface area contributed by atoms with Crippen LogP contribution in [0.2, 0.25) is 0 Å². The molecule has 0 saturated carbocycles. The molecular weight excluding hydrogens is 692 g/mol. The molecule has 258 valence electrons. The van der Waals surface area contributed by atoms with Gasteiger partial charge in [-0.1, -0.05) is 6.92 Å². The first kappa shape index (κ1) is 36.3. The summed E-state index contributed by atoms with van der Waals surface area (Å²) in [5.41, 5.74) is -1.22. The fourth-order valence-electron chi connectivity index (χ4n) is 4.37. The van der Waals surface area contributed by atoms with Crippen LogP contribution in [0, 0.1) is 0 Å². The van der Waals surface area contributed by atoms with Crippen LogP contribution in [0.3, 0.4) is 0 Å². The highest BCUT2D eigenvalue weighted by Gasteiger charge is 2.33. The molecule has 0 saturated heterocycles. The predicted octanol–water partition coefficient (Wildman–Crippen LogP) is 5.46. The lowest BCUT2D eigenvalue weighted by atomic mass is 10.1.